The Hall–Kier alpha value is -2.17. The van der Waals surface area contributed by atoms with Gasteiger partial charge in [-0.05, 0) is 38.3 Å². The van der Waals surface area contributed by atoms with Crippen molar-refractivity contribution >= 4 is 11.8 Å². The summed E-state index contributed by atoms with van der Waals surface area (Å²) >= 11 is 0. The maximum atomic E-state index is 5.86. The summed E-state index contributed by atoms with van der Waals surface area (Å²) in [4.78, 5) is 15.5. The minimum atomic E-state index is 0.310. The number of hydrogen-bond acceptors (Lipinski definition) is 5. The summed E-state index contributed by atoms with van der Waals surface area (Å²) in [6, 6.07) is 6.54. The van der Waals surface area contributed by atoms with Gasteiger partial charge in [-0.1, -0.05) is 18.9 Å². The molecule has 1 unspecified atom stereocenters. The average molecular weight is 297 g/mol. The highest BCUT2D eigenvalue weighted by Crippen LogP contribution is 2.34. The van der Waals surface area contributed by atoms with Crippen LogP contribution < -0.4 is 10.6 Å². The van der Waals surface area contributed by atoms with Gasteiger partial charge in [0, 0.05) is 30.2 Å². The van der Waals surface area contributed by atoms with Gasteiger partial charge in [0.2, 0.25) is 5.95 Å². The van der Waals surface area contributed by atoms with E-state index < -0.39 is 0 Å². The van der Waals surface area contributed by atoms with Gasteiger partial charge < -0.3 is 10.6 Å². The molecule has 22 heavy (non-hydrogen) atoms. The van der Waals surface area contributed by atoms with Gasteiger partial charge in [0.15, 0.2) is 0 Å². The molecule has 1 aliphatic heterocycles. The van der Waals surface area contributed by atoms with Gasteiger partial charge in [0.25, 0.3) is 0 Å². The van der Waals surface area contributed by atoms with Crippen LogP contribution in [0.15, 0.2) is 24.4 Å². The van der Waals surface area contributed by atoms with Crippen molar-refractivity contribution in [3.63, 3.8) is 0 Å². The van der Waals surface area contributed by atoms with Gasteiger partial charge >= 0.3 is 0 Å². The predicted molar refractivity (Wildman–Crippen MR) is 88.7 cm³/mol. The minimum absolute atomic E-state index is 0.310. The Labute approximate surface area is 131 Å². The van der Waals surface area contributed by atoms with Crippen LogP contribution in [0.4, 0.5) is 11.8 Å². The SMILES string of the molecule is Cc1cc(N2CCCCCC2c2cccnc2C)nc(N)n1. The molecule has 3 rings (SSSR count). The van der Waals surface area contributed by atoms with Crippen molar-refractivity contribution in [1.29, 1.82) is 0 Å². The quantitative estimate of drug-likeness (QED) is 0.922. The number of hydrogen-bond donors (Lipinski definition) is 1. The minimum Gasteiger partial charge on any atom is -0.368 e. The molecule has 0 aliphatic carbocycles. The smallest absolute Gasteiger partial charge is 0.222 e. The Bertz CT molecular complexity index is 635. The fourth-order valence-electron chi connectivity index (χ4n) is 3.28. The van der Waals surface area contributed by atoms with E-state index in [0.717, 1.165) is 30.2 Å². The highest BCUT2D eigenvalue weighted by Gasteiger charge is 2.25. The average Bonchev–Trinajstić information content (AvgIpc) is 2.72. The molecule has 5 nitrogen and oxygen atoms in total. The van der Waals surface area contributed by atoms with E-state index in [4.69, 9.17) is 5.73 Å². The van der Waals surface area contributed by atoms with Gasteiger partial charge in [-0.3, -0.25) is 4.98 Å². The molecule has 5 heteroatoms. The molecule has 2 aromatic heterocycles. The van der Waals surface area contributed by atoms with E-state index >= 15 is 0 Å². The van der Waals surface area contributed by atoms with E-state index in [1.807, 2.05) is 25.3 Å². The first-order chi connectivity index (χ1) is 10.6. The van der Waals surface area contributed by atoms with Gasteiger partial charge in [0.05, 0.1) is 6.04 Å². The number of pyridine rings is 1. The molecule has 1 aliphatic rings. The van der Waals surface area contributed by atoms with Crippen LogP contribution in [0.1, 0.15) is 48.7 Å². The van der Waals surface area contributed by atoms with Crippen LogP contribution in [0.3, 0.4) is 0 Å². The van der Waals surface area contributed by atoms with Crippen LogP contribution in [0, 0.1) is 13.8 Å². The van der Waals surface area contributed by atoms with Crippen molar-refractivity contribution in [2.45, 2.75) is 45.6 Å². The summed E-state index contributed by atoms with van der Waals surface area (Å²) in [5.74, 6) is 1.28. The Balaban J connectivity index is 2.03. The highest BCUT2D eigenvalue weighted by atomic mass is 15.2. The molecule has 0 spiro atoms. The van der Waals surface area contributed by atoms with Crippen LogP contribution in [-0.2, 0) is 0 Å². The first-order valence-electron chi connectivity index (χ1n) is 7.94. The lowest BCUT2D eigenvalue weighted by atomic mass is 9.99. The molecule has 0 saturated carbocycles. The molecule has 1 saturated heterocycles. The highest BCUT2D eigenvalue weighted by molar-refractivity contribution is 5.47. The molecule has 0 radical (unpaired) electrons. The molecular formula is C17H23N5. The van der Waals surface area contributed by atoms with Crippen molar-refractivity contribution in [2.75, 3.05) is 17.2 Å². The van der Waals surface area contributed by atoms with E-state index in [2.05, 4.69) is 32.8 Å². The largest absolute Gasteiger partial charge is 0.368 e. The molecule has 0 aromatic carbocycles. The molecule has 2 aromatic rings. The molecular weight excluding hydrogens is 274 g/mol. The zero-order valence-electron chi connectivity index (χ0n) is 13.3. The summed E-state index contributed by atoms with van der Waals surface area (Å²) in [6.07, 6.45) is 6.64. The summed E-state index contributed by atoms with van der Waals surface area (Å²) in [5.41, 5.74) is 9.15. The first kappa shape index (κ1) is 14.8. The van der Waals surface area contributed by atoms with Crippen LogP contribution in [0.5, 0.6) is 0 Å². The van der Waals surface area contributed by atoms with Crippen LogP contribution in [0.2, 0.25) is 0 Å². The topological polar surface area (TPSA) is 67.9 Å². The van der Waals surface area contributed by atoms with Crippen LogP contribution >= 0.6 is 0 Å². The summed E-state index contributed by atoms with van der Waals surface area (Å²) in [6.45, 7) is 5.04. The number of nitrogens with two attached hydrogens (primary N) is 1. The van der Waals surface area contributed by atoms with Gasteiger partial charge in [0.1, 0.15) is 5.82 Å². The lowest BCUT2D eigenvalue weighted by Crippen LogP contribution is -2.30. The van der Waals surface area contributed by atoms with E-state index in [1.165, 1.54) is 24.8 Å². The maximum absolute atomic E-state index is 5.86. The second kappa shape index (κ2) is 6.30. The summed E-state index contributed by atoms with van der Waals surface area (Å²) in [7, 11) is 0. The third kappa shape index (κ3) is 3.03. The number of anilines is 2. The molecule has 1 atom stereocenters. The number of aryl methyl sites for hydroxylation is 2. The molecule has 3 heterocycles. The van der Waals surface area contributed by atoms with Crippen molar-refractivity contribution in [1.82, 2.24) is 15.0 Å². The monoisotopic (exact) mass is 297 g/mol. The van der Waals surface area contributed by atoms with Crippen LogP contribution in [-0.4, -0.2) is 21.5 Å². The third-order valence-corrected chi connectivity index (χ3v) is 4.31. The lowest BCUT2D eigenvalue weighted by molar-refractivity contribution is 0.591. The van der Waals surface area contributed by atoms with Crippen molar-refractivity contribution < 1.29 is 0 Å². The van der Waals surface area contributed by atoms with E-state index in [0.29, 0.717) is 12.0 Å². The van der Waals surface area contributed by atoms with Crippen molar-refractivity contribution in [3.05, 3.63) is 41.3 Å². The lowest BCUT2D eigenvalue weighted by Gasteiger charge is -2.32. The van der Waals surface area contributed by atoms with E-state index in [9.17, 15) is 0 Å². The zero-order valence-corrected chi connectivity index (χ0v) is 13.3. The fourth-order valence-corrected chi connectivity index (χ4v) is 3.28. The second-order valence-corrected chi connectivity index (χ2v) is 5.96. The maximum Gasteiger partial charge on any atom is 0.222 e. The third-order valence-electron chi connectivity index (χ3n) is 4.31. The fraction of sp³-hybridized carbons (Fsp3) is 0.471. The Morgan fingerprint density at radius 1 is 1.18 bits per heavy atom. The number of rotatable bonds is 2. The van der Waals surface area contributed by atoms with Crippen LogP contribution in [0.25, 0.3) is 0 Å². The second-order valence-electron chi connectivity index (χ2n) is 5.96. The molecule has 1 fully saturated rings. The molecule has 116 valence electrons. The summed E-state index contributed by atoms with van der Waals surface area (Å²) < 4.78 is 0. The van der Waals surface area contributed by atoms with Crippen molar-refractivity contribution in [2.24, 2.45) is 0 Å². The number of nitrogens with zero attached hydrogens (tertiary/aromatic N) is 4. The molecule has 2 N–H and O–H groups in total. The zero-order chi connectivity index (χ0) is 15.5. The number of aromatic nitrogens is 3. The van der Waals surface area contributed by atoms with Gasteiger partial charge in [-0.2, -0.15) is 4.98 Å². The normalized spacial score (nSPS) is 19.0. The van der Waals surface area contributed by atoms with E-state index in [1.54, 1.807) is 0 Å². The number of nitrogen functional groups attached to an aromatic ring is 1. The van der Waals surface area contributed by atoms with Gasteiger partial charge in [-0.25, -0.2) is 4.98 Å². The Kier molecular flexibility index (Phi) is 4.22. The predicted octanol–water partition coefficient (Wildman–Crippen LogP) is 3.19. The summed E-state index contributed by atoms with van der Waals surface area (Å²) in [5, 5.41) is 0. The van der Waals surface area contributed by atoms with Gasteiger partial charge in [-0.15, -0.1) is 0 Å². The molecule has 0 bridgehead atoms. The Morgan fingerprint density at radius 3 is 2.82 bits per heavy atom. The Morgan fingerprint density at radius 2 is 2.05 bits per heavy atom. The van der Waals surface area contributed by atoms with E-state index in [-0.39, 0.29) is 0 Å². The van der Waals surface area contributed by atoms with Crippen molar-refractivity contribution in [3.8, 4) is 0 Å². The molecule has 0 amide bonds. The standard InChI is InChI=1S/C17H23N5/c1-12-11-16(21-17(18)20-12)22-10-5-3-4-8-15(22)14-7-6-9-19-13(14)2/h6-7,9,11,15H,3-5,8,10H2,1-2H3,(H2,18,20,21). The first-order valence-corrected chi connectivity index (χ1v) is 7.94.